The zero-order chi connectivity index (χ0) is 15.5. The molecule has 1 rings (SSSR count). The third kappa shape index (κ3) is 5.63. The third-order valence-corrected chi connectivity index (χ3v) is 3.54. The van der Waals surface area contributed by atoms with Gasteiger partial charge in [-0.15, -0.1) is 0 Å². The minimum atomic E-state index is -0.105. The Hall–Kier alpha value is -0.870. The van der Waals surface area contributed by atoms with Crippen molar-refractivity contribution in [1.29, 1.82) is 0 Å². The average molecular weight is 341 g/mol. The highest BCUT2D eigenvalue weighted by Gasteiger charge is 2.18. The first-order valence-electron chi connectivity index (χ1n) is 6.90. The fourth-order valence-corrected chi connectivity index (χ4v) is 3.08. The number of rotatable bonds is 4. The maximum Gasteiger partial charge on any atom is 0.225 e. The van der Waals surface area contributed by atoms with E-state index in [-0.39, 0.29) is 17.4 Å². The van der Waals surface area contributed by atoms with Gasteiger partial charge in [0.2, 0.25) is 5.91 Å². The van der Waals surface area contributed by atoms with Crippen molar-refractivity contribution in [1.82, 2.24) is 0 Å². The number of halogens is 1. The molecule has 1 unspecified atom stereocenters. The Bertz CT molecular complexity index is 469. The van der Waals surface area contributed by atoms with Gasteiger partial charge in [0.05, 0.1) is 0 Å². The minimum Gasteiger partial charge on any atom is -0.327 e. The van der Waals surface area contributed by atoms with Crippen LogP contribution in [0.25, 0.3) is 0 Å². The number of nitrogens with one attached hydrogen (secondary N) is 1. The maximum absolute atomic E-state index is 12.1. The van der Waals surface area contributed by atoms with Crippen molar-refractivity contribution in [3.8, 4) is 0 Å². The molecule has 4 heteroatoms. The Morgan fingerprint density at radius 1 is 1.30 bits per heavy atom. The highest BCUT2D eigenvalue weighted by Crippen LogP contribution is 2.26. The highest BCUT2D eigenvalue weighted by atomic mass is 79.9. The second-order valence-corrected chi connectivity index (χ2v) is 7.61. The lowest BCUT2D eigenvalue weighted by molar-refractivity contribution is -0.116. The number of aryl methyl sites for hydroxylation is 2. The van der Waals surface area contributed by atoms with Crippen LogP contribution in [-0.2, 0) is 4.79 Å². The number of hydrogen-bond acceptors (Lipinski definition) is 2. The summed E-state index contributed by atoms with van der Waals surface area (Å²) >= 11 is 3.45. The lowest BCUT2D eigenvalue weighted by Gasteiger charge is -2.23. The van der Waals surface area contributed by atoms with Gasteiger partial charge in [0.25, 0.3) is 0 Å². The molecule has 3 N–H and O–H groups in total. The standard InChI is InChI=1S/C16H25BrN2O/c1-10-6-12(17)7-11(2)15(10)19-14(20)8-13(18)9-16(3,4)5/h6-7,13H,8-9,18H2,1-5H3,(H,19,20). The molecule has 0 aliphatic carbocycles. The summed E-state index contributed by atoms with van der Waals surface area (Å²) in [6.45, 7) is 10.4. The SMILES string of the molecule is Cc1cc(Br)cc(C)c1NC(=O)CC(N)CC(C)(C)C. The summed E-state index contributed by atoms with van der Waals surface area (Å²) in [6.07, 6.45) is 1.19. The van der Waals surface area contributed by atoms with E-state index < -0.39 is 0 Å². The Balaban J connectivity index is 2.68. The number of nitrogens with two attached hydrogens (primary N) is 1. The molecule has 0 bridgehead atoms. The van der Waals surface area contributed by atoms with E-state index in [2.05, 4.69) is 42.0 Å². The van der Waals surface area contributed by atoms with Gasteiger partial charge in [-0.25, -0.2) is 0 Å². The quantitative estimate of drug-likeness (QED) is 0.864. The van der Waals surface area contributed by atoms with E-state index in [0.29, 0.717) is 6.42 Å². The van der Waals surface area contributed by atoms with Gasteiger partial charge in [-0.05, 0) is 48.9 Å². The smallest absolute Gasteiger partial charge is 0.225 e. The lowest BCUT2D eigenvalue weighted by Crippen LogP contribution is -2.31. The molecule has 0 fully saturated rings. The summed E-state index contributed by atoms with van der Waals surface area (Å²) < 4.78 is 1.02. The molecular formula is C16H25BrN2O. The zero-order valence-electron chi connectivity index (χ0n) is 13.0. The van der Waals surface area contributed by atoms with Crippen LogP contribution in [0, 0.1) is 19.3 Å². The number of carbonyl (C=O) groups is 1. The van der Waals surface area contributed by atoms with Gasteiger partial charge >= 0.3 is 0 Å². The number of amides is 1. The van der Waals surface area contributed by atoms with E-state index in [1.165, 1.54) is 0 Å². The normalized spacial score (nSPS) is 13.2. The number of anilines is 1. The van der Waals surface area contributed by atoms with Crippen molar-refractivity contribution in [3.05, 3.63) is 27.7 Å². The van der Waals surface area contributed by atoms with Crippen LogP contribution in [0.3, 0.4) is 0 Å². The van der Waals surface area contributed by atoms with Crippen molar-refractivity contribution in [2.75, 3.05) is 5.32 Å². The van der Waals surface area contributed by atoms with Gasteiger partial charge in [-0.2, -0.15) is 0 Å². The molecule has 1 atom stereocenters. The van der Waals surface area contributed by atoms with E-state index in [4.69, 9.17) is 5.73 Å². The van der Waals surface area contributed by atoms with Gasteiger partial charge in [-0.3, -0.25) is 4.79 Å². The largest absolute Gasteiger partial charge is 0.327 e. The summed E-state index contributed by atoms with van der Waals surface area (Å²) in [5, 5.41) is 2.98. The molecule has 0 saturated carbocycles. The van der Waals surface area contributed by atoms with E-state index in [1.807, 2.05) is 26.0 Å². The summed E-state index contributed by atoms with van der Waals surface area (Å²) in [7, 11) is 0. The Kier molecular flexibility index (Phi) is 5.78. The molecule has 0 spiro atoms. The molecule has 0 aromatic heterocycles. The zero-order valence-corrected chi connectivity index (χ0v) is 14.6. The monoisotopic (exact) mass is 340 g/mol. The first-order chi connectivity index (χ1) is 9.08. The van der Waals surface area contributed by atoms with Crippen molar-refractivity contribution in [2.24, 2.45) is 11.1 Å². The van der Waals surface area contributed by atoms with Crippen molar-refractivity contribution in [2.45, 2.75) is 53.5 Å². The average Bonchev–Trinajstić information content (AvgIpc) is 2.20. The third-order valence-electron chi connectivity index (χ3n) is 3.08. The molecule has 20 heavy (non-hydrogen) atoms. The Labute approximate surface area is 130 Å². The summed E-state index contributed by atoms with van der Waals surface area (Å²) in [5.74, 6) is -0.0183. The van der Waals surface area contributed by atoms with Crippen LogP contribution < -0.4 is 11.1 Å². The fraction of sp³-hybridized carbons (Fsp3) is 0.562. The van der Waals surface area contributed by atoms with Crippen LogP contribution in [0.4, 0.5) is 5.69 Å². The van der Waals surface area contributed by atoms with E-state index in [0.717, 1.165) is 27.7 Å². The number of benzene rings is 1. The summed E-state index contributed by atoms with van der Waals surface area (Å²) in [5.41, 5.74) is 9.18. The van der Waals surface area contributed by atoms with Crippen LogP contribution in [0.1, 0.15) is 44.7 Å². The maximum atomic E-state index is 12.1. The van der Waals surface area contributed by atoms with Crippen LogP contribution in [0.5, 0.6) is 0 Å². The van der Waals surface area contributed by atoms with Crippen molar-refractivity contribution in [3.63, 3.8) is 0 Å². The van der Waals surface area contributed by atoms with Gasteiger partial charge in [0.1, 0.15) is 0 Å². The summed E-state index contributed by atoms with van der Waals surface area (Å²) in [4.78, 5) is 12.1. The van der Waals surface area contributed by atoms with E-state index >= 15 is 0 Å². The molecule has 1 aromatic carbocycles. The van der Waals surface area contributed by atoms with Crippen molar-refractivity contribution < 1.29 is 4.79 Å². The predicted octanol–water partition coefficient (Wildman–Crippen LogP) is 4.16. The van der Waals surface area contributed by atoms with Gasteiger partial charge in [0, 0.05) is 22.6 Å². The molecule has 1 amide bonds. The molecule has 0 heterocycles. The fourth-order valence-electron chi connectivity index (χ4n) is 2.40. The number of carbonyl (C=O) groups excluding carboxylic acids is 1. The lowest BCUT2D eigenvalue weighted by atomic mass is 9.87. The van der Waals surface area contributed by atoms with Crippen LogP contribution in [0.15, 0.2) is 16.6 Å². The van der Waals surface area contributed by atoms with Crippen LogP contribution >= 0.6 is 15.9 Å². The first-order valence-corrected chi connectivity index (χ1v) is 7.70. The Morgan fingerprint density at radius 2 is 1.80 bits per heavy atom. The molecule has 0 aliphatic rings. The minimum absolute atomic E-state index is 0.0183. The molecule has 3 nitrogen and oxygen atoms in total. The molecule has 112 valence electrons. The molecule has 1 aromatic rings. The van der Waals surface area contributed by atoms with Gasteiger partial charge in [0.15, 0.2) is 0 Å². The molecule has 0 radical (unpaired) electrons. The number of hydrogen-bond donors (Lipinski definition) is 2. The van der Waals surface area contributed by atoms with Crippen LogP contribution in [0.2, 0.25) is 0 Å². The second-order valence-electron chi connectivity index (χ2n) is 6.69. The second kappa shape index (κ2) is 6.72. The highest BCUT2D eigenvalue weighted by molar-refractivity contribution is 9.10. The first kappa shape index (κ1) is 17.2. The van der Waals surface area contributed by atoms with Gasteiger partial charge < -0.3 is 11.1 Å². The van der Waals surface area contributed by atoms with Crippen LogP contribution in [-0.4, -0.2) is 11.9 Å². The summed E-state index contributed by atoms with van der Waals surface area (Å²) in [6, 6.07) is 3.89. The van der Waals surface area contributed by atoms with E-state index in [1.54, 1.807) is 0 Å². The van der Waals surface area contributed by atoms with Gasteiger partial charge in [-0.1, -0.05) is 36.7 Å². The predicted molar refractivity (Wildman–Crippen MR) is 88.9 cm³/mol. The molecule has 0 saturated heterocycles. The van der Waals surface area contributed by atoms with Crippen molar-refractivity contribution >= 4 is 27.5 Å². The topological polar surface area (TPSA) is 55.1 Å². The Morgan fingerprint density at radius 3 is 2.25 bits per heavy atom. The molecule has 0 aliphatic heterocycles. The van der Waals surface area contributed by atoms with E-state index in [9.17, 15) is 4.79 Å². The molecular weight excluding hydrogens is 316 g/mol.